The molecule has 0 saturated heterocycles. The zero-order chi connectivity index (χ0) is 26.1. The third-order valence-electron chi connectivity index (χ3n) is 4.27. The van der Waals surface area contributed by atoms with Crippen LogP contribution in [0.1, 0.15) is 27.7 Å². The molecule has 0 saturated carbocycles. The Balaban J connectivity index is 1.68. The predicted octanol–water partition coefficient (Wildman–Crippen LogP) is 5.39. The number of aromatic nitrogens is 2. The topological polar surface area (TPSA) is 124 Å². The van der Waals surface area contributed by atoms with Crippen LogP contribution in [0.2, 0.25) is 0 Å². The number of benzene rings is 2. The highest BCUT2D eigenvalue weighted by Gasteiger charge is 2.16. The van der Waals surface area contributed by atoms with E-state index in [0.717, 1.165) is 6.20 Å². The second-order valence-corrected chi connectivity index (χ2v) is 8.47. The van der Waals surface area contributed by atoms with E-state index in [4.69, 9.17) is 14.2 Å². The Bertz CT molecular complexity index is 1220. The fourth-order valence-corrected chi connectivity index (χ4v) is 2.89. The smallest absolute Gasteiger partial charge is 0.412 e. The van der Waals surface area contributed by atoms with Gasteiger partial charge in [-0.25, -0.2) is 19.0 Å². The molecule has 0 spiro atoms. The number of nitrogens with zero attached hydrogens (tertiary/aromatic N) is 2. The molecule has 0 radical (unpaired) electrons. The molecule has 2 aromatic carbocycles. The minimum Gasteiger partial charge on any atom is -0.482 e. The number of carbonyl (C=O) groups is 2. The van der Waals surface area contributed by atoms with Crippen LogP contribution in [0.4, 0.5) is 38.0 Å². The number of anilines is 5. The molecule has 0 aliphatic carbocycles. The number of halogens is 1. The maximum Gasteiger partial charge on any atom is 0.412 e. The summed E-state index contributed by atoms with van der Waals surface area (Å²) in [5.74, 6) is -0.652. The van der Waals surface area contributed by atoms with Crippen LogP contribution in [0.15, 0.2) is 54.7 Å². The van der Waals surface area contributed by atoms with E-state index < -0.39 is 23.5 Å². The maximum atomic E-state index is 14.4. The molecule has 0 aliphatic rings. The minimum atomic E-state index is -0.669. The Morgan fingerprint density at radius 1 is 1.00 bits per heavy atom. The van der Waals surface area contributed by atoms with Gasteiger partial charge in [0.05, 0.1) is 12.8 Å². The summed E-state index contributed by atoms with van der Waals surface area (Å²) < 4.78 is 29.9. The maximum absolute atomic E-state index is 14.4. The SMILES string of the molecule is CCOC(=O)COc1cccc(Nc2ncc(F)c(Nc3cccc(NC(=O)OC(C)(C)C)c3)n2)c1. The van der Waals surface area contributed by atoms with E-state index in [1.165, 1.54) is 0 Å². The Kier molecular flexibility index (Phi) is 8.61. The molecule has 3 rings (SSSR count). The van der Waals surface area contributed by atoms with Crippen LogP contribution >= 0.6 is 0 Å². The van der Waals surface area contributed by atoms with E-state index in [9.17, 15) is 14.0 Å². The van der Waals surface area contributed by atoms with Gasteiger partial charge in [0.25, 0.3) is 0 Å². The lowest BCUT2D eigenvalue weighted by molar-refractivity contribution is -0.145. The van der Waals surface area contributed by atoms with E-state index >= 15 is 0 Å². The zero-order valence-corrected chi connectivity index (χ0v) is 20.4. The molecule has 0 unspecified atom stereocenters. The highest BCUT2D eigenvalue weighted by atomic mass is 19.1. The molecule has 1 amide bonds. The number of amides is 1. The van der Waals surface area contributed by atoms with E-state index in [1.807, 2.05) is 0 Å². The van der Waals surface area contributed by atoms with Crippen LogP contribution in [0.3, 0.4) is 0 Å². The number of hydrogen-bond donors (Lipinski definition) is 3. The molecule has 1 aromatic heterocycles. The second kappa shape index (κ2) is 11.8. The standard InChI is InChI=1S/C25H28FN5O5/c1-5-34-21(32)15-35-19-11-7-10-18(13-19)29-23-27-14-20(26)22(31-23)28-16-8-6-9-17(12-16)30-24(33)36-25(2,3)4/h6-14H,5,15H2,1-4H3,(H,30,33)(H2,27,28,29,31). The van der Waals surface area contributed by atoms with Crippen molar-refractivity contribution in [3.63, 3.8) is 0 Å². The first-order valence-corrected chi connectivity index (χ1v) is 11.2. The zero-order valence-electron chi connectivity index (χ0n) is 20.4. The molecular weight excluding hydrogens is 469 g/mol. The molecule has 3 aromatic rings. The number of esters is 1. The van der Waals surface area contributed by atoms with E-state index in [0.29, 0.717) is 22.8 Å². The summed E-state index contributed by atoms with van der Waals surface area (Å²) >= 11 is 0. The molecule has 10 nitrogen and oxygen atoms in total. The Morgan fingerprint density at radius 3 is 2.42 bits per heavy atom. The summed E-state index contributed by atoms with van der Waals surface area (Å²) in [7, 11) is 0. The van der Waals surface area contributed by atoms with E-state index in [-0.39, 0.29) is 25.0 Å². The predicted molar refractivity (Wildman–Crippen MR) is 133 cm³/mol. The molecule has 11 heteroatoms. The first-order valence-electron chi connectivity index (χ1n) is 11.2. The summed E-state index contributed by atoms with van der Waals surface area (Å²) in [6.45, 7) is 7.06. The van der Waals surface area contributed by atoms with E-state index in [2.05, 4.69) is 25.9 Å². The van der Waals surface area contributed by atoms with Gasteiger partial charge in [-0.05, 0) is 58.0 Å². The van der Waals surface area contributed by atoms with Crippen molar-refractivity contribution in [2.45, 2.75) is 33.3 Å². The monoisotopic (exact) mass is 497 g/mol. The number of hydrogen-bond acceptors (Lipinski definition) is 9. The van der Waals surface area contributed by atoms with Crippen molar-refractivity contribution < 1.29 is 28.2 Å². The van der Waals surface area contributed by atoms with Gasteiger partial charge in [0, 0.05) is 23.1 Å². The van der Waals surface area contributed by atoms with E-state index in [1.54, 1.807) is 76.2 Å². The van der Waals surface area contributed by atoms with Crippen molar-refractivity contribution in [1.29, 1.82) is 0 Å². The highest BCUT2D eigenvalue weighted by Crippen LogP contribution is 2.24. The Hall–Kier alpha value is -4.41. The first-order chi connectivity index (χ1) is 17.1. The van der Waals surface area contributed by atoms with Gasteiger partial charge >= 0.3 is 12.1 Å². The van der Waals surface area contributed by atoms with Crippen molar-refractivity contribution in [2.24, 2.45) is 0 Å². The van der Waals surface area contributed by atoms with Crippen molar-refractivity contribution in [3.05, 3.63) is 60.5 Å². The number of carbonyl (C=O) groups excluding carboxylic acids is 2. The second-order valence-electron chi connectivity index (χ2n) is 8.47. The van der Waals surface area contributed by atoms with Gasteiger partial charge in [-0.3, -0.25) is 5.32 Å². The van der Waals surface area contributed by atoms with Gasteiger partial charge in [-0.15, -0.1) is 0 Å². The first kappa shape index (κ1) is 26.2. The van der Waals surface area contributed by atoms with Crippen molar-refractivity contribution in [1.82, 2.24) is 9.97 Å². The summed E-state index contributed by atoms with van der Waals surface area (Å²) in [5.41, 5.74) is 0.876. The fourth-order valence-electron chi connectivity index (χ4n) is 2.89. The van der Waals surface area contributed by atoms with Gasteiger partial charge in [0.2, 0.25) is 5.95 Å². The van der Waals surface area contributed by atoms with Crippen molar-refractivity contribution in [3.8, 4) is 5.75 Å². The van der Waals surface area contributed by atoms with Gasteiger partial charge in [0.1, 0.15) is 11.4 Å². The molecule has 0 bridgehead atoms. The summed E-state index contributed by atoms with van der Waals surface area (Å²) in [6.07, 6.45) is 0.425. The van der Waals surface area contributed by atoms with Crippen LogP contribution in [0.5, 0.6) is 5.75 Å². The van der Waals surface area contributed by atoms with Crippen molar-refractivity contribution in [2.75, 3.05) is 29.2 Å². The molecule has 0 fully saturated rings. The lowest BCUT2D eigenvalue weighted by Crippen LogP contribution is -2.27. The third-order valence-corrected chi connectivity index (χ3v) is 4.27. The van der Waals surface area contributed by atoms with Gasteiger partial charge in [-0.1, -0.05) is 12.1 Å². The molecule has 0 atom stereocenters. The van der Waals surface area contributed by atoms with Crippen LogP contribution in [0.25, 0.3) is 0 Å². The van der Waals surface area contributed by atoms with Crippen LogP contribution in [-0.4, -0.2) is 40.8 Å². The van der Waals surface area contributed by atoms with Gasteiger partial charge < -0.3 is 24.8 Å². The molecular formula is C25H28FN5O5. The lowest BCUT2D eigenvalue weighted by atomic mass is 10.2. The summed E-state index contributed by atoms with van der Waals surface area (Å²) in [6, 6.07) is 13.5. The average molecular weight is 498 g/mol. The molecule has 36 heavy (non-hydrogen) atoms. The number of rotatable bonds is 9. The lowest BCUT2D eigenvalue weighted by Gasteiger charge is -2.19. The summed E-state index contributed by atoms with van der Waals surface area (Å²) in [5, 5.41) is 8.49. The highest BCUT2D eigenvalue weighted by molar-refractivity contribution is 5.85. The largest absolute Gasteiger partial charge is 0.482 e. The molecule has 1 heterocycles. The minimum absolute atomic E-state index is 0.0726. The van der Waals surface area contributed by atoms with Crippen molar-refractivity contribution >= 4 is 40.9 Å². The summed E-state index contributed by atoms with van der Waals surface area (Å²) in [4.78, 5) is 31.7. The normalized spacial score (nSPS) is 10.8. The third kappa shape index (κ3) is 8.42. The van der Waals surface area contributed by atoms with Gasteiger partial charge in [-0.2, -0.15) is 4.98 Å². The fraction of sp³-hybridized carbons (Fsp3) is 0.280. The van der Waals surface area contributed by atoms with Crippen LogP contribution < -0.4 is 20.7 Å². The number of ether oxygens (including phenoxy) is 3. The Morgan fingerprint density at radius 2 is 1.69 bits per heavy atom. The average Bonchev–Trinajstić information content (AvgIpc) is 2.79. The van der Waals surface area contributed by atoms with Gasteiger partial charge in [0.15, 0.2) is 18.2 Å². The number of nitrogens with one attached hydrogen (secondary N) is 3. The Labute approximate surface area is 208 Å². The quantitative estimate of drug-likeness (QED) is 0.334. The molecule has 3 N–H and O–H groups in total. The van der Waals surface area contributed by atoms with Crippen LogP contribution in [-0.2, 0) is 14.3 Å². The molecule has 0 aliphatic heterocycles. The molecule has 190 valence electrons. The van der Waals surface area contributed by atoms with Crippen LogP contribution in [0, 0.1) is 5.82 Å².